The average molecular weight is 331 g/mol. The highest BCUT2D eigenvalue weighted by Gasteiger charge is 2.21. The van der Waals surface area contributed by atoms with Crippen molar-refractivity contribution in [3.63, 3.8) is 0 Å². The minimum atomic E-state index is -0.607. The number of hydrogen-bond acceptors (Lipinski definition) is 2. The van der Waals surface area contributed by atoms with Crippen LogP contribution in [0.2, 0.25) is 0 Å². The molecule has 0 atom stereocenters. The quantitative estimate of drug-likeness (QED) is 0.840. The van der Waals surface area contributed by atoms with Crippen LogP contribution in [0.25, 0.3) is 0 Å². The predicted octanol–water partition coefficient (Wildman–Crippen LogP) is 3.73. The van der Waals surface area contributed by atoms with Crippen molar-refractivity contribution in [2.45, 2.75) is 19.3 Å². The molecule has 0 radical (unpaired) electrons. The van der Waals surface area contributed by atoms with Crippen molar-refractivity contribution in [2.24, 2.45) is 5.92 Å². The van der Waals surface area contributed by atoms with E-state index >= 15 is 0 Å². The number of halogens is 2. The van der Waals surface area contributed by atoms with Crippen LogP contribution in [0.1, 0.15) is 28.8 Å². The Morgan fingerprint density at radius 3 is 2.54 bits per heavy atom. The molecule has 0 aliphatic heterocycles. The summed E-state index contributed by atoms with van der Waals surface area (Å²) >= 11 is 0. The summed E-state index contributed by atoms with van der Waals surface area (Å²) in [6.07, 6.45) is 2.77. The van der Waals surface area contributed by atoms with Crippen LogP contribution in [0.5, 0.6) is 5.75 Å². The van der Waals surface area contributed by atoms with E-state index in [0.717, 1.165) is 18.4 Å². The topological polar surface area (TPSA) is 38.3 Å². The van der Waals surface area contributed by atoms with Gasteiger partial charge in [0, 0.05) is 18.2 Å². The monoisotopic (exact) mass is 331 g/mol. The Labute approximate surface area is 139 Å². The first-order valence-corrected chi connectivity index (χ1v) is 8.07. The van der Waals surface area contributed by atoms with Crippen LogP contribution in [-0.4, -0.2) is 19.1 Å². The molecule has 1 saturated carbocycles. The highest BCUT2D eigenvalue weighted by molar-refractivity contribution is 5.94. The number of carbonyl (C=O) groups excluding carboxylic acids is 1. The number of benzene rings is 2. The number of amides is 1. The molecule has 0 heterocycles. The second kappa shape index (κ2) is 7.43. The third kappa shape index (κ3) is 4.54. The van der Waals surface area contributed by atoms with Crippen molar-refractivity contribution in [1.82, 2.24) is 5.32 Å². The van der Waals surface area contributed by atoms with Gasteiger partial charge in [-0.1, -0.05) is 6.07 Å². The van der Waals surface area contributed by atoms with Crippen molar-refractivity contribution >= 4 is 5.91 Å². The summed E-state index contributed by atoms with van der Waals surface area (Å²) in [5, 5.41) is 2.73. The summed E-state index contributed by atoms with van der Waals surface area (Å²) in [6, 6.07) is 10.4. The molecule has 1 aliphatic rings. The molecule has 1 aliphatic carbocycles. The molecule has 1 N–H and O–H groups in total. The van der Waals surface area contributed by atoms with E-state index in [0.29, 0.717) is 23.5 Å². The van der Waals surface area contributed by atoms with Crippen LogP contribution >= 0.6 is 0 Å². The maximum Gasteiger partial charge on any atom is 0.251 e. The summed E-state index contributed by atoms with van der Waals surface area (Å²) in [7, 11) is 0. The van der Waals surface area contributed by atoms with Crippen LogP contribution in [0.4, 0.5) is 8.78 Å². The van der Waals surface area contributed by atoms with Gasteiger partial charge in [-0.05, 0) is 61.1 Å². The number of hydrogen-bond donors (Lipinski definition) is 1. The molecule has 2 aromatic carbocycles. The molecule has 3 nitrogen and oxygen atoms in total. The Balaban J connectivity index is 1.47. The van der Waals surface area contributed by atoms with Gasteiger partial charge in [0.25, 0.3) is 5.91 Å². The van der Waals surface area contributed by atoms with E-state index in [9.17, 15) is 13.6 Å². The number of ether oxygens (including phenoxy) is 1. The second-order valence-electron chi connectivity index (χ2n) is 6.02. The molecular weight excluding hydrogens is 312 g/mol. The molecule has 0 saturated heterocycles. The van der Waals surface area contributed by atoms with Gasteiger partial charge in [0.15, 0.2) is 0 Å². The predicted molar refractivity (Wildman–Crippen MR) is 87.1 cm³/mol. The maximum atomic E-state index is 13.5. The number of nitrogens with one attached hydrogen (secondary N) is 1. The first-order valence-electron chi connectivity index (χ1n) is 8.07. The molecule has 5 heteroatoms. The maximum absolute atomic E-state index is 13.5. The van der Waals surface area contributed by atoms with E-state index < -0.39 is 11.6 Å². The second-order valence-corrected chi connectivity index (χ2v) is 6.02. The minimum Gasteiger partial charge on any atom is -0.493 e. The SMILES string of the molecule is O=C(NCCc1ccc(F)cc1F)c1ccc(OCC2CC2)cc1. The first-order chi connectivity index (χ1) is 11.6. The van der Waals surface area contributed by atoms with E-state index in [2.05, 4.69) is 5.32 Å². The summed E-state index contributed by atoms with van der Waals surface area (Å²) < 4.78 is 32.0. The zero-order valence-corrected chi connectivity index (χ0v) is 13.2. The highest BCUT2D eigenvalue weighted by Crippen LogP contribution is 2.29. The minimum absolute atomic E-state index is 0.230. The Morgan fingerprint density at radius 2 is 1.88 bits per heavy atom. The summed E-state index contributed by atoms with van der Waals surface area (Å²) in [5.74, 6) is 0.00335. The van der Waals surface area contributed by atoms with Crippen LogP contribution < -0.4 is 10.1 Å². The van der Waals surface area contributed by atoms with Gasteiger partial charge in [-0.25, -0.2) is 8.78 Å². The van der Waals surface area contributed by atoms with E-state index in [1.807, 2.05) is 0 Å². The zero-order chi connectivity index (χ0) is 16.9. The van der Waals surface area contributed by atoms with Gasteiger partial charge >= 0.3 is 0 Å². The van der Waals surface area contributed by atoms with Gasteiger partial charge in [0.05, 0.1) is 6.61 Å². The normalized spacial score (nSPS) is 13.6. The van der Waals surface area contributed by atoms with E-state index in [1.54, 1.807) is 24.3 Å². The van der Waals surface area contributed by atoms with E-state index in [-0.39, 0.29) is 12.5 Å². The lowest BCUT2D eigenvalue weighted by Gasteiger charge is -2.08. The molecule has 126 valence electrons. The van der Waals surface area contributed by atoms with Gasteiger partial charge < -0.3 is 10.1 Å². The summed E-state index contributed by atoms with van der Waals surface area (Å²) in [6.45, 7) is 1.01. The average Bonchev–Trinajstić information content (AvgIpc) is 3.40. The smallest absolute Gasteiger partial charge is 0.251 e. The molecule has 0 bridgehead atoms. The molecule has 2 aromatic rings. The molecule has 1 amide bonds. The summed E-state index contributed by atoms with van der Waals surface area (Å²) in [4.78, 5) is 12.1. The van der Waals surface area contributed by atoms with E-state index in [4.69, 9.17) is 4.74 Å². The molecular formula is C19H19F2NO2. The summed E-state index contributed by atoms with van der Waals surface area (Å²) in [5.41, 5.74) is 0.897. The third-order valence-corrected chi connectivity index (χ3v) is 3.99. The lowest BCUT2D eigenvalue weighted by molar-refractivity contribution is 0.0954. The highest BCUT2D eigenvalue weighted by atomic mass is 19.1. The molecule has 3 rings (SSSR count). The van der Waals surface area contributed by atoms with Gasteiger partial charge in [-0.2, -0.15) is 0 Å². The van der Waals surface area contributed by atoms with Gasteiger partial charge in [0.2, 0.25) is 0 Å². The lowest BCUT2D eigenvalue weighted by Crippen LogP contribution is -2.25. The Hall–Kier alpha value is -2.43. The molecule has 0 unspecified atom stereocenters. The van der Waals surface area contributed by atoms with Gasteiger partial charge in [-0.3, -0.25) is 4.79 Å². The van der Waals surface area contributed by atoms with Crippen molar-refractivity contribution < 1.29 is 18.3 Å². The van der Waals surface area contributed by atoms with Crippen LogP contribution in [-0.2, 0) is 6.42 Å². The first kappa shape index (κ1) is 16.4. The van der Waals surface area contributed by atoms with E-state index in [1.165, 1.54) is 25.0 Å². The fourth-order valence-electron chi connectivity index (χ4n) is 2.34. The van der Waals surface area contributed by atoms with Gasteiger partial charge in [0.1, 0.15) is 17.4 Å². The standard InChI is InChI=1S/C19H19F2NO2/c20-16-6-3-14(18(21)11-16)9-10-22-19(23)15-4-7-17(8-5-15)24-12-13-1-2-13/h3-8,11,13H,1-2,9-10,12H2,(H,22,23). The number of carbonyl (C=O) groups is 1. The number of rotatable bonds is 7. The van der Waals surface area contributed by atoms with Gasteiger partial charge in [-0.15, -0.1) is 0 Å². The Morgan fingerprint density at radius 1 is 1.12 bits per heavy atom. The van der Waals surface area contributed by atoms with Crippen molar-refractivity contribution in [3.8, 4) is 5.75 Å². The third-order valence-electron chi connectivity index (χ3n) is 3.99. The molecule has 24 heavy (non-hydrogen) atoms. The fraction of sp³-hybridized carbons (Fsp3) is 0.316. The van der Waals surface area contributed by atoms with Crippen LogP contribution in [0, 0.1) is 17.6 Å². The molecule has 0 aromatic heterocycles. The van der Waals surface area contributed by atoms with Crippen LogP contribution in [0.15, 0.2) is 42.5 Å². The van der Waals surface area contributed by atoms with Crippen molar-refractivity contribution in [1.29, 1.82) is 0 Å². The Bertz CT molecular complexity index is 712. The zero-order valence-electron chi connectivity index (χ0n) is 13.2. The Kier molecular flexibility index (Phi) is 5.08. The lowest BCUT2D eigenvalue weighted by atomic mass is 10.1. The van der Waals surface area contributed by atoms with Crippen molar-refractivity contribution in [2.75, 3.05) is 13.2 Å². The van der Waals surface area contributed by atoms with Crippen LogP contribution in [0.3, 0.4) is 0 Å². The molecule has 0 spiro atoms. The van der Waals surface area contributed by atoms with Crippen molar-refractivity contribution in [3.05, 3.63) is 65.2 Å². The molecule has 1 fully saturated rings. The largest absolute Gasteiger partial charge is 0.493 e. The fourth-order valence-corrected chi connectivity index (χ4v) is 2.34.